The van der Waals surface area contributed by atoms with Crippen molar-refractivity contribution in [1.29, 1.82) is 0 Å². The van der Waals surface area contributed by atoms with E-state index in [9.17, 15) is 0 Å². The lowest BCUT2D eigenvalue weighted by molar-refractivity contribution is 0.295. The molecule has 2 rings (SSSR count). The lowest BCUT2D eigenvalue weighted by atomic mass is 10.2. The van der Waals surface area contributed by atoms with Gasteiger partial charge in [-0.25, -0.2) is 4.98 Å². The van der Waals surface area contributed by atoms with Crippen molar-refractivity contribution in [1.82, 2.24) is 10.3 Å². The molecular weight excluding hydrogens is 312 g/mol. The molecule has 0 atom stereocenters. The van der Waals surface area contributed by atoms with Crippen LogP contribution < -0.4 is 14.8 Å². The maximum absolute atomic E-state index is 6.07. The molecule has 1 aromatic carbocycles. The first-order valence-corrected chi connectivity index (χ1v) is 8.33. The van der Waals surface area contributed by atoms with E-state index in [1.165, 1.54) is 0 Å². The Morgan fingerprint density at radius 2 is 2.04 bits per heavy atom. The average Bonchev–Trinajstić information content (AvgIpc) is 2.58. The summed E-state index contributed by atoms with van der Waals surface area (Å²) in [6.45, 7) is 5.02. The normalized spacial score (nSPS) is 10.5. The number of aromatic nitrogens is 1. The Labute approximate surface area is 142 Å². The van der Waals surface area contributed by atoms with Gasteiger partial charge < -0.3 is 14.8 Å². The second-order valence-electron chi connectivity index (χ2n) is 5.15. The lowest BCUT2D eigenvalue weighted by Gasteiger charge is -2.12. The third-order valence-corrected chi connectivity index (χ3v) is 3.42. The van der Waals surface area contributed by atoms with Crippen molar-refractivity contribution in [3.8, 4) is 11.6 Å². The minimum atomic E-state index is 0.638. The van der Waals surface area contributed by atoms with Crippen molar-refractivity contribution in [2.75, 3.05) is 19.8 Å². The molecule has 0 bridgehead atoms. The fraction of sp³-hybridized carbons (Fsp3) is 0.389. The van der Waals surface area contributed by atoms with Crippen LogP contribution in [0.15, 0.2) is 42.6 Å². The number of halogens is 1. The molecule has 124 valence electrons. The standard InChI is InChI=1S/C18H23ClN2O2/c1-2-11-22-17-8-7-16(19)13-15(17)14-20-9-5-12-23-18-6-3-4-10-21-18/h3-4,6-8,10,13,20H,2,5,9,11-12,14H2,1H3. The van der Waals surface area contributed by atoms with E-state index >= 15 is 0 Å². The van der Waals surface area contributed by atoms with Gasteiger partial charge in [-0.05, 0) is 43.7 Å². The molecule has 1 aromatic heterocycles. The Balaban J connectivity index is 1.70. The van der Waals surface area contributed by atoms with Gasteiger partial charge in [0.25, 0.3) is 0 Å². The van der Waals surface area contributed by atoms with Crippen molar-refractivity contribution in [3.05, 3.63) is 53.2 Å². The second kappa shape index (κ2) is 10.1. The molecule has 0 spiro atoms. The van der Waals surface area contributed by atoms with Crippen LogP contribution in [0.1, 0.15) is 25.3 Å². The summed E-state index contributed by atoms with van der Waals surface area (Å²) in [4.78, 5) is 4.12. The molecule has 0 amide bonds. The number of hydrogen-bond acceptors (Lipinski definition) is 4. The van der Waals surface area contributed by atoms with Gasteiger partial charge in [-0.15, -0.1) is 0 Å². The van der Waals surface area contributed by atoms with Crippen molar-refractivity contribution in [3.63, 3.8) is 0 Å². The number of nitrogens with one attached hydrogen (secondary N) is 1. The van der Waals surface area contributed by atoms with Crippen LogP contribution in [0, 0.1) is 0 Å². The zero-order chi connectivity index (χ0) is 16.3. The van der Waals surface area contributed by atoms with Gasteiger partial charge >= 0.3 is 0 Å². The molecule has 0 aliphatic carbocycles. The molecule has 0 radical (unpaired) electrons. The van der Waals surface area contributed by atoms with Gasteiger partial charge in [0.15, 0.2) is 0 Å². The van der Waals surface area contributed by atoms with Gasteiger partial charge in [0.2, 0.25) is 5.88 Å². The monoisotopic (exact) mass is 334 g/mol. The molecular formula is C18H23ClN2O2. The Morgan fingerprint density at radius 3 is 2.83 bits per heavy atom. The summed E-state index contributed by atoms with van der Waals surface area (Å²) in [7, 11) is 0. The van der Waals surface area contributed by atoms with Crippen LogP contribution >= 0.6 is 11.6 Å². The summed E-state index contributed by atoms with van der Waals surface area (Å²) in [5.74, 6) is 1.56. The Hall–Kier alpha value is -1.78. The third-order valence-electron chi connectivity index (χ3n) is 3.19. The highest BCUT2D eigenvalue weighted by Gasteiger charge is 2.04. The summed E-state index contributed by atoms with van der Waals surface area (Å²) in [6, 6.07) is 11.4. The summed E-state index contributed by atoms with van der Waals surface area (Å²) in [5, 5.41) is 4.12. The van der Waals surface area contributed by atoms with Crippen LogP contribution in [-0.4, -0.2) is 24.7 Å². The van der Waals surface area contributed by atoms with E-state index in [0.717, 1.165) is 42.3 Å². The first-order valence-electron chi connectivity index (χ1n) is 7.95. The lowest BCUT2D eigenvalue weighted by Crippen LogP contribution is -2.17. The number of rotatable bonds is 10. The van der Waals surface area contributed by atoms with E-state index in [-0.39, 0.29) is 0 Å². The van der Waals surface area contributed by atoms with E-state index in [1.54, 1.807) is 6.20 Å². The number of pyridine rings is 1. The summed E-state index contributed by atoms with van der Waals surface area (Å²) >= 11 is 6.07. The number of nitrogens with zero attached hydrogens (tertiary/aromatic N) is 1. The number of ether oxygens (including phenoxy) is 2. The van der Waals surface area contributed by atoms with Gasteiger partial charge in [0.1, 0.15) is 5.75 Å². The van der Waals surface area contributed by atoms with Crippen LogP contribution in [-0.2, 0) is 6.54 Å². The molecule has 5 heteroatoms. The van der Waals surface area contributed by atoms with Crippen molar-refractivity contribution in [2.24, 2.45) is 0 Å². The molecule has 0 unspecified atom stereocenters. The highest BCUT2D eigenvalue weighted by atomic mass is 35.5. The van der Waals surface area contributed by atoms with E-state index in [4.69, 9.17) is 21.1 Å². The molecule has 23 heavy (non-hydrogen) atoms. The molecule has 1 heterocycles. The highest BCUT2D eigenvalue weighted by Crippen LogP contribution is 2.23. The predicted molar refractivity (Wildman–Crippen MR) is 93.3 cm³/mol. The van der Waals surface area contributed by atoms with Gasteiger partial charge in [0.05, 0.1) is 13.2 Å². The maximum atomic E-state index is 6.07. The van der Waals surface area contributed by atoms with Crippen LogP contribution in [0.3, 0.4) is 0 Å². The predicted octanol–water partition coefficient (Wildman–Crippen LogP) is 4.08. The van der Waals surface area contributed by atoms with Crippen LogP contribution in [0.25, 0.3) is 0 Å². The first kappa shape index (κ1) is 17.6. The van der Waals surface area contributed by atoms with Crippen molar-refractivity contribution >= 4 is 11.6 Å². The van der Waals surface area contributed by atoms with Crippen LogP contribution in [0.5, 0.6) is 11.6 Å². The topological polar surface area (TPSA) is 43.4 Å². The third kappa shape index (κ3) is 6.47. The summed E-state index contributed by atoms with van der Waals surface area (Å²) in [6.07, 6.45) is 3.62. The summed E-state index contributed by atoms with van der Waals surface area (Å²) < 4.78 is 11.3. The van der Waals surface area contributed by atoms with E-state index in [0.29, 0.717) is 19.1 Å². The van der Waals surface area contributed by atoms with Crippen molar-refractivity contribution in [2.45, 2.75) is 26.3 Å². The number of hydrogen-bond donors (Lipinski definition) is 1. The first-order chi connectivity index (χ1) is 11.3. The largest absolute Gasteiger partial charge is 0.493 e. The molecule has 2 aromatic rings. The fourth-order valence-electron chi connectivity index (χ4n) is 2.07. The maximum Gasteiger partial charge on any atom is 0.213 e. The fourth-order valence-corrected chi connectivity index (χ4v) is 2.26. The molecule has 0 aliphatic heterocycles. The highest BCUT2D eigenvalue weighted by molar-refractivity contribution is 6.30. The Kier molecular flexibility index (Phi) is 7.70. The Morgan fingerprint density at radius 1 is 1.13 bits per heavy atom. The minimum absolute atomic E-state index is 0.638. The Bertz CT molecular complexity index is 578. The molecule has 0 saturated heterocycles. The van der Waals surface area contributed by atoms with Gasteiger partial charge in [-0.2, -0.15) is 0 Å². The van der Waals surface area contributed by atoms with Crippen molar-refractivity contribution < 1.29 is 9.47 Å². The zero-order valence-electron chi connectivity index (χ0n) is 13.4. The van der Waals surface area contributed by atoms with E-state index in [1.807, 2.05) is 36.4 Å². The minimum Gasteiger partial charge on any atom is -0.493 e. The molecule has 1 N–H and O–H groups in total. The molecule has 0 aliphatic rings. The van der Waals surface area contributed by atoms with Crippen LogP contribution in [0.4, 0.5) is 0 Å². The second-order valence-corrected chi connectivity index (χ2v) is 5.58. The van der Waals surface area contributed by atoms with E-state index in [2.05, 4.69) is 17.2 Å². The SMILES string of the molecule is CCCOc1ccc(Cl)cc1CNCCCOc1ccccn1. The smallest absolute Gasteiger partial charge is 0.213 e. The van der Waals surface area contributed by atoms with Gasteiger partial charge in [-0.1, -0.05) is 24.6 Å². The molecule has 0 fully saturated rings. The van der Waals surface area contributed by atoms with E-state index < -0.39 is 0 Å². The summed E-state index contributed by atoms with van der Waals surface area (Å²) in [5.41, 5.74) is 1.08. The van der Waals surface area contributed by atoms with Gasteiger partial charge in [-0.3, -0.25) is 0 Å². The van der Waals surface area contributed by atoms with Crippen LogP contribution in [0.2, 0.25) is 5.02 Å². The zero-order valence-corrected chi connectivity index (χ0v) is 14.2. The number of benzene rings is 1. The molecule has 4 nitrogen and oxygen atoms in total. The average molecular weight is 335 g/mol. The quantitative estimate of drug-likeness (QED) is 0.665. The molecule has 0 saturated carbocycles. The van der Waals surface area contributed by atoms with Gasteiger partial charge in [0, 0.05) is 29.4 Å².